The van der Waals surface area contributed by atoms with Crippen LogP contribution in [-0.4, -0.2) is 44.7 Å². The van der Waals surface area contributed by atoms with E-state index < -0.39 is 0 Å². The van der Waals surface area contributed by atoms with Gasteiger partial charge in [0.25, 0.3) is 0 Å². The van der Waals surface area contributed by atoms with Crippen molar-refractivity contribution < 1.29 is 14.3 Å². The highest BCUT2D eigenvalue weighted by atomic mass is 16.5. The Balaban J connectivity index is 2.19. The number of carbonyl (C=O) groups is 1. The maximum absolute atomic E-state index is 11.9. The maximum Gasteiger partial charge on any atom is 0.222 e. The predicted octanol–water partition coefficient (Wildman–Crippen LogP) is 2.05. The Hall–Kier alpha value is -1.75. The summed E-state index contributed by atoms with van der Waals surface area (Å²) in [4.78, 5) is 13.6. The number of nitrogens with zero attached hydrogens (tertiary/aromatic N) is 1. The van der Waals surface area contributed by atoms with E-state index >= 15 is 0 Å². The van der Waals surface area contributed by atoms with Gasteiger partial charge in [-0.05, 0) is 43.7 Å². The first-order valence-electron chi connectivity index (χ1n) is 7.38. The van der Waals surface area contributed by atoms with Crippen LogP contribution in [0.5, 0.6) is 11.5 Å². The second-order valence-electron chi connectivity index (χ2n) is 4.94. The summed E-state index contributed by atoms with van der Waals surface area (Å²) in [6.07, 6.45) is 3.48. The van der Waals surface area contributed by atoms with Crippen molar-refractivity contribution in [2.75, 3.05) is 33.9 Å². The van der Waals surface area contributed by atoms with Crippen molar-refractivity contribution in [2.24, 2.45) is 5.73 Å². The van der Waals surface area contributed by atoms with Crippen LogP contribution < -0.4 is 15.2 Å². The van der Waals surface area contributed by atoms with E-state index in [0.29, 0.717) is 26.1 Å². The number of nitrogens with two attached hydrogens (primary N) is 1. The molecule has 0 atom stereocenters. The van der Waals surface area contributed by atoms with Crippen LogP contribution in [0.25, 0.3) is 0 Å². The molecule has 118 valence electrons. The van der Waals surface area contributed by atoms with Crippen molar-refractivity contribution >= 4 is 5.91 Å². The highest BCUT2D eigenvalue weighted by Crippen LogP contribution is 2.16. The Labute approximate surface area is 127 Å². The summed E-state index contributed by atoms with van der Waals surface area (Å²) in [7, 11) is 3.44. The molecule has 0 aliphatic rings. The molecule has 0 aliphatic carbocycles. The Morgan fingerprint density at radius 3 is 2.43 bits per heavy atom. The van der Waals surface area contributed by atoms with Crippen molar-refractivity contribution in [1.29, 1.82) is 0 Å². The van der Waals surface area contributed by atoms with Gasteiger partial charge in [0.1, 0.15) is 18.1 Å². The summed E-state index contributed by atoms with van der Waals surface area (Å²) in [5.74, 6) is 1.73. The van der Waals surface area contributed by atoms with E-state index in [4.69, 9.17) is 15.2 Å². The van der Waals surface area contributed by atoms with E-state index in [1.54, 1.807) is 12.0 Å². The van der Waals surface area contributed by atoms with Crippen LogP contribution in [0, 0.1) is 0 Å². The van der Waals surface area contributed by atoms with Crippen LogP contribution in [0.2, 0.25) is 0 Å². The van der Waals surface area contributed by atoms with Crippen LogP contribution in [-0.2, 0) is 4.79 Å². The molecule has 0 fully saturated rings. The first-order chi connectivity index (χ1) is 10.2. The fraction of sp³-hybridized carbons (Fsp3) is 0.562. The minimum absolute atomic E-state index is 0.158. The Kier molecular flexibility index (Phi) is 8.28. The highest BCUT2D eigenvalue weighted by molar-refractivity contribution is 5.75. The molecule has 0 bridgehead atoms. The smallest absolute Gasteiger partial charge is 0.222 e. The summed E-state index contributed by atoms with van der Waals surface area (Å²) >= 11 is 0. The molecule has 1 aromatic carbocycles. The maximum atomic E-state index is 11.9. The van der Waals surface area contributed by atoms with E-state index in [-0.39, 0.29) is 5.91 Å². The average molecular weight is 294 g/mol. The Morgan fingerprint density at radius 1 is 1.14 bits per heavy atom. The molecule has 0 saturated heterocycles. The summed E-state index contributed by atoms with van der Waals surface area (Å²) in [6.45, 7) is 1.76. The van der Waals surface area contributed by atoms with Gasteiger partial charge < -0.3 is 20.1 Å². The zero-order valence-corrected chi connectivity index (χ0v) is 13.0. The number of benzene rings is 1. The standard InChI is InChI=1S/C16H26N2O3/c1-18(16(19)6-4-3-5-11-17)12-13-21-15-9-7-14(20-2)8-10-15/h7-10H,3-6,11-13,17H2,1-2H3. The molecule has 0 heterocycles. The van der Waals surface area contributed by atoms with Gasteiger partial charge >= 0.3 is 0 Å². The van der Waals surface area contributed by atoms with Crippen LogP contribution in [0.1, 0.15) is 25.7 Å². The number of unbranched alkanes of at least 4 members (excludes halogenated alkanes) is 2. The van der Waals surface area contributed by atoms with Crippen LogP contribution in [0.4, 0.5) is 0 Å². The molecule has 2 N–H and O–H groups in total. The van der Waals surface area contributed by atoms with Crippen molar-refractivity contribution in [3.63, 3.8) is 0 Å². The lowest BCUT2D eigenvalue weighted by atomic mass is 10.2. The van der Waals surface area contributed by atoms with Crippen LogP contribution in [0.15, 0.2) is 24.3 Å². The summed E-state index contributed by atoms with van der Waals surface area (Å²) in [5, 5.41) is 0. The number of amides is 1. The number of rotatable bonds is 10. The van der Waals surface area contributed by atoms with Crippen molar-refractivity contribution in [2.45, 2.75) is 25.7 Å². The topological polar surface area (TPSA) is 64.8 Å². The summed E-state index contributed by atoms with van der Waals surface area (Å²) < 4.78 is 10.7. The second-order valence-corrected chi connectivity index (χ2v) is 4.94. The molecule has 1 rings (SSSR count). The first kappa shape index (κ1) is 17.3. The number of methoxy groups -OCH3 is 1. The molecule has 0 radical (unpaired) electrons. The van der Waals surface area contributed by atoms with Gasteiger partial charge in [0.15, 0.2) is 0 Å². The molecular weight excluding hydrogens is 268 g/mol. The fourth-order valence-electron chi connectivity index (χ4n) is 1.89. The first-order valence-corrected chi connectivity index (χ1v) is 7.38. The van der Waals surface area contributed by atoms with Gasteiger partial charge in [-0.25, -0.2) is 0 Å². The van der Waals surface area contributed by atoms with Gasteiger partial charge in [-0.15, -0.1) is 0 Å². The third-order valence-electron chi connectivity index (χ3n) is 3.28. The van der Waals surface area contributed by atoms with Crippen LogP contribution in [0.3, 0.4) is 0 Å². The molecule has 0 unspecified atom stereocenters. The number of likely N-dealkylation sites (N-methyl/N-ethyl adjacent to an activating group) is 1. The average Bonchev–Trinajstić information content (AvgIpc) is 2.52. The van der Waals surface area contributed by atoms with Crippen molar-refractivity contribution in [3.05, 3.63) is 24.3 Å². The third-order valence-corrected chi connectivity index (χ3v) is 3.28. The number of hydrogen-bond acceptors (Lipinski definition) is 4. The van der Waals surface area contributed by atoms with Gasteiger partial charge in [-0.1, -0.05) is 6.42 Å². The molecule has 0 aliphatic heterocycles. The quantitative estimate of drug-likeness (QED) is 0.671. The zero-order valence-electron chi connectivity index (χ0n) is 13.0. The number of ether oxygens (including phenoxy) is 2. The highest BCUT2D eigenvalue weighted by Gasteiger charge is 2.08. The molecule has 5 heteroatoms. The molecule has 21 heavy (non-hydrogen) atoms. The summed E-state index contributed by atoms with van der Waals surface area (Å²) in [5.41, 5.74) is 5.42. The van der Waals surface area contributed by atoms with Gasteiger partial charge in [-0.3, -0.25) is 4.79 Å². The van der Waals surface area contributed by atoms with Crippen molar-refractivity contribution in [3.8, 4) is 11.5 Å². The minimum Gasteiger partial charge on any atom is -0.497 e. The van der Waals surface area contributed by atoms with Crippen molar-refractivity contribution in [1.82, 2.24) is 4.90 Å². The molecule has 5 nitrogen and oxygen atoms in total. The number of hydrogen-bond donors (Lipinski definition) is 1. The summed E-state index contributed by atoms with van der Waals surface area (Å²) in [6, 6.07) is 7.41. The van der Waals surface area contributed by atoms with E-state index in [2.05, 4.69) is 0 Å². The largest absolute Gasteiger partial charge is 0.497 e. The normalized spacial score (nSPS) is 10.2. The molecular formula is C16H26N2O3. The molecule has 0 aromatic heterocycles. The fourth-order valence-corrected chi connectivity index (χ4v) is 1.89. The van der Waals surface area contributed by atoms with Gasteiger partial charge in [0.2, 0.25) is 5.91 Å². The van der Waals surface area contributed by atoms with Gasteiger partial charge in [-0.2, -0.15) is 0 Å². The Bertz CT molecular complexity index is 406. The van der Waals surface area contributed by atoms with Crippen LogP contribution >= 0.6 is 0 Å². The SMILES string of the molecule is COc1ccc(OCCN(C)C(=O)CCCCCN)cc1. The predicted molar refractivity (Wildman–Crippen MR) is 83.6 cm³/mol. The Morgan fingerprint density at radius 2 is 1.81 bits per heavy atom. The third kappa shape index (κ3) is 6.99. The monoisotopic (exact) mass is 294 g/mol. The molecule has 1 aromatic rings. The lowest BCUT2D eigenvalue weighted by Crippen LogP contribution is -2.30. The van der Waals surface area contributed by atoms with Gasteiger partial charge in [0.05, 0.1) is 13.7 Å². The zero-order chi connectivity index (χ0) is 15.5. The lowest BCUT2D eigenvalue weighted by Gasteiger charge is -2.17. The second kappa shape index (κ2) is 10.0. The lowest BCUT2D eigenvalue weighted by molar-refractivity contribution is -0.130. The molecule has 0 saturated carbocycles. The van der Waals surface area contributed by atoms with E-state index in [0.717, 1.165) is 30.8 Å². The van der Waals surface area contributed by atoms with E-state index in [1.165, 1.54) is 0 Å². The number of carbonyl (C=O) groups excluding carboxylic acids is 1. The molecule has 1 amide bonds. The van der Waals surface area contributed by atoms with E-state index in [1.807, 2.05) is 31.3 Å². The molecule has 0 spiro atoms. The minimum atomic E-state index is 0.158. The van der Waals surface area contributed by atoms with Gasteiger partial charge in [0, 0.05) is 13.5 Å². The van der Waals surface area contributed by atoms with E-state index in [9.17, 15) is 4.79 Å².